The summed E-state index contributed by atoms with van der Waals surface area (Å²) >= 11 is 18.0. The topological polar surface area (TPSA) is 32.7 Å². The van der Waals surface area contributed by atoms with E-state index in [1.165, 1.54) is 0 Å². The third kappa shape index (κ3) is 3.09. The number of rotatable bonds is 3. The van der Waals surface area contributed by atoms with Crippen LogP contribution in [0.25, 0.3) is 0 Å². The second kappa shape index (κ2) is 6.52. The molecule has 0 aliphatic carbocycles. The van der Waals surface area contributed by atoms with Crippen LogP contribution in [0.5, 0.6) is 0 Å². The predicted octanol–water partition coefficient (Wildman–Crippen LogP) is 5.11. The molecule has 1 aliphatic heterocycles. The number of anilines is 1. The van der Waals surface area contributed by atoms with Crippen molar-refractivity contribution in [3.8, 4) is 0 Å². The van der Waals surface area contributed by atoms with E-state index in [9.17, 15) is 4.79 Å². The van der Waals surface area contributed by atoms with Gasteiger partial charge in [0.05, 0.1) is 22.7 Å². The van der Waals surface area contributed by atoms with Crippen LogP contribution in [0, 0.1) is 0 Å². The van der Waals surface area contributed by atoms with Crippen LogP contribution < -0.4 is 5.01 Å². The maximum Gasteiger partial charge on any atom is 0.269 e. The Kier molecular flexibility index (Phi) is 4.62. The molecule has 0 spiro atoms. The molecule has 2 atom stereocenters. The number of carbonyl (C=O) groups is 1. The van der Waals surface area contributed by atoms with Crippen molar-refractivity contribution in [2.24, 2.45) is 5.10 Å². The van der Waals surface area contributed by atoms with E-state index >= 15 is 0 Å². The summed E-state index contributed by atoms with van der Waals surface area (Å²) in [6.45, 7) is 1.99. The van der Waals surface area contributed by atoms with E-state index in [2.05, 4.69) is 5.10 Å². The van der Waals surface area contributed by atoms with Crippen molar-refractivity contribution in [2.45, 2.75) is 18.9 Å². The fraction of sp³-hybridized carbons (Fsp3) is 0.176. The number of hydrazone groups is 1. The van der Waals surface area contributed by atoms with Gasteiger partial charge in [-0.1, -0.05) is 53.5 Å². The van der Waals surface area contributed by atoms with Crippen LogP contribution >= 0.6 is 34.8 Å². The highest BCUT2D eigenvalue weighted by molar-refractivity contribution is 6.82. The van der Waals surface area contributed by atoms with E-state index in [0.29, 0.717) is 21.4 Å². The van der Waals surface area contributed by atoms with E-state index in [1.807, 2.05) is 37.3 Å². The van der Waals surface area contributed by atoms with Gasteiger partial charge in [-0.3, -0.25) is 9.80 Å². The van der Waals surface area contributed by atoms with Crippen molar-refractivity contribution in [2.75, 3.05) is 5.01 Å². The summed E-state index contributed by atoms with van der Waals surface area (Å²) in [5, 5.41) is 6.62. The van der Waals surface area contributed by atoms with Crippen LogP contribution in [0.4, 0.5) is 5.69 Å². The Morgan fingerprint density at radius 1 is 1.13 bits per heavy atom. The largest absolute Gasteiger partial charge is 0.274 e. The molecule has 3 rings (SSSR count). The first-order chi connectivity index (χ1) is 11.0. The molecule has 0 amide bonds. The molecule has 1 heterocycles. The zero-order valence-electron chi connectivity index (χ0n) is 12.2. The fourth-order valence-corrected chi connectivity index (χ4v) is 3.49. The zero-order chi connectivity index (χ0) is 16.6. The normalized spacial score (nSPS) is 20.5. The molecule has 0 radical (unpaired) electrons. The highest BCUT2D eigenvalue weighted by atomic mass is 35.5. The first-order valence-corrected chi connectivity index (χ1v) is 8.20. The molecule has 0 N–H and O–H groups in total. The van der Waals surface area contributed by atoms with Gasteiger partial charge in [0.25, 0.3) is 5.24 Å². The van der Waals surface area contributed by atoms with E-state index < -0.39 is 5.24 Å². The summed E-state index contributed by atoms with van der Waals surface area (Å²) < 4.78 is 0. The van der Waals surface area contributed by atoms with Crippen molar-refractivity contribution in [1.29, 1.82) is 0 Å². The number of carbonyl (C=O) groups excluding carboxylic acids is 1. The Morgan fingerprint density at radius 3 is 2.43 bits per heavy atom. The van der Waals surface area contributed by atoms with E-state index in [-0.39, 0.29) is 12.0 Å². The van der Waals surface area contributed by atoms with Gasteiger partial charge in [-0.05, 0) is 42.3 Å². The van der Waals surface area contributed by atoms with Gasteiger partial charge in [0.1, 0.15) is 5.71 Å². The predicted molar refractivity (Wildman–Crippen MR) is 95.9 cm³/mol. The Morgan fingerprint density at radius 2 is 1.83 bits per heavy atom. The van der Waals surface area contributed by atoms with Crippen LogP contribution in [0.15, 0.2) is 53.6 Å². The minimum Gasteiger partial charge on any atom is -0.274 e. The zero-order valence-corrected chi connectivity index (χ0v) is 14.5. The van der Waals surface area contributed by atoms with Gasteiger partial charge in [-0.2, -0.15) is 5.10 Å². The van der Waals surface area contributed by atoms with Gasteiger partial charge in [0, 0.05) is 5.02 Å². The van der Waals surface area contributed by atoms with Crippen LogP contribution in [0.2, 0.25) is 10.0 Å². The third-order valence-electron chi connectivity index (χ3n) is 3.89. The van der Waals surface area contributed by atoms with E-state index in [1.54, 1.807) is 23.2 Å². The lowest BCUT2D eigenvalue weighted by atomic mass is 9.89. The molecule has 118 valence electrons. The number of halogens is 3. The standard InChI is InChI=1S/C17H13Cl3N2O/c1-10-15(11-5-3-2-4-6-11)16(17(20)23)21-22(10)14-8-7-12(18)9-13(14)19/h2-10,15H,1H3. The second-order valence-corrected chi connectivity index (χ2v) is 6.52. The smallest absolute Gasteiger partial charge is 0.269 e. The summed E-state index contributed by atoms with van der Waals surface area (Å²) in [4.78, 5) is 11.8. The lowest BCUT2D eigenvalue weighted by Crippen LogP contribution is -2.30. The molecule has 3 nitrogen and oxygen atoms in total. The minimum atomic E-state index is -0.557. The maximum atomic E-state index is 11.8. The van der Waals surface area contributed by atoms with E-state index in [0.717, 1.165) is 5.56 Å². The monoisotopic (exact) mass is 366 g/mol. The SMILES string of the molecule is CC1C(c2ccccc2)C(C(=O)Cl)=NN1c1ccc(Cl)cc1Cl. The lowest BCUT2D eigenvalue weighted by molar-refractivity contribution is -0.106. The van der Waals surface area contributed by atoms with Crippen molar-refractivity contribution in [3.05, 3.63) is 64.1 Å². The summed E-state index contributed by atoms with van der Waals surface area (Å²) in [5.41, 5.74) is 1.99. The lowest BCUT2D eigenvalue weighted by Gasteiger charge is -2.25. The fourth-order valence-electron chi connectivity index (χ4n) is 2.84. The van der Waals surface area contributed by atoms with Crippen molar-refractivity contribution in [3.63, 3.8) is 0 Å². The van der Waals surface area contributed by atoms with Gasteiger partial charge in [0.15, 0.2) is 0 Å². The molecule has 2 aromatic rings. The van der Waals surface area contributed by atoms with Crippen LogP contribution in [0.3, 0.4) is 0 Å². The molecule has 2 unspecified atom stereocenters. The first-order valence-electron chi connectivity index (χ1n) is 7.06. The number of nitrogens with zero attached hydrogens (tertiary/aromatic N) is 2. The average molecular weight is 368 g/mol. The van der Waals surface area contributed by atoms with E-state index in [4.69, 9.17) is 34.8 Å². The molecule has 0 fully saturated rings. The first kappa shape index (κ1) is 16.3. The molecule has 0 bridgehead atoms. The molecule has 6 heteroatoms. The van der Waals surface area contributed by atoms with Crippen LogP contribution in [0.1, 0.15) is 18.4 Å². The Balaban J connectivity index is 2.06. The summed E-state index contributed by atoms with van der Waals surface area (Å²) in [6.07, 6.45) is 0. The van der Waals surface area contributed by atoms with Gasteiger partial charge in [0.2, 0.25) is 0 Å². The number of hydrogen-bond acceptors (Lipinski definition) is 3. The van der Waals surface area contributed by atoms with Crippen molar-refractivity contribution < 1.29 is 4.79 Å². The molecular weight excluding hydrogens is 355 g/mol. The average Bonchev–Trinajstić information content (AvgIpc) is 2.86. The van der Waals surface area contributed by atoms with Crippen molar-refractivity contribution >= 4 is 51.4 Å². The molecule has 1 aliphatic rings. The summed E-state index contributed by atoms with van der Waals surface area (Å²) in [5.74, 6) is -0.215. The molecule has 0 saturated carbocycles. The van der Waals surface area contributed by atoms with Gasteiger partial charge >= 0.3 is 0 Å². The summed E-state index contributed by atoms with van der Waals surface area (Å²) in [7, 11) is 0. The van der Waals surface area contributed by atoms with Crippen LogP contribution in [-0.2, 0) is 4.79 Å². The Bertz CT molecular complexity index is 777. The molecule has 2 aromatic carbocycles. The van der Waals surface area contributed by atoms with Crippen molar-refractivity contribution in [1.82, 2.24) is 0 Å². The Hall–Kier alpha value is -1.55. The van der Waals surface area contributed by atoms with Gasteiger partial charge < -0.3 is 0 Å². The highest BCUT2D eigenvalue weighted by Crippen LogP contribution is 2.39. The Labute approximate surface area is 149 Å². The maximum absolute atomic E-state index is 11.8. The summed E-state index contributed by atoms with van der Waals surface area (Å²) in [6, 6.07) is 14.8. The quantitative estimate of drug-likeness (QED) is 0.706. The van der Waals surface area contributed by atoms with Gasteiger partial charge in [-0.25, -0.2) is 0 Å². The number of benzene rings is 2. The minimum absolute atomic E-state index is 0.103. The van der Waals surface area contributed by atoms with Gasteiger partial charge in [-0.15, -0.1) is 0 Å². The number of hydrogen-bond donors (Lipinski definition) is 0. The molecule has 0 aromatic heterocycles. The van der Waals surface area contributed by atoms with Crippen LogP contribution in [-0.4, -0.2) is 17.0 Å². The molecule has 23 heavy (non-hydrogen) atoms. The highest BCUT2D eigenvalue weighted by Gasteiger charge is 2.39. The second-order valence-electron chi connectivity index (χ2n) is 5.33. The molecular formula is C17H13Cl3N2O. The third-order valence-corrected chi connectivity index (χ3v) is 4.63. The molecule has 0 saturated heterocycles.